The van der Waals surface area contributed by atoms with Crippen molar-refractivity contribution in [3.63, 3.8) is 0 Å². The summed E-state index contributed by atoms with van der Waals surface area (Å²) in [4.78, 5) is 35.8. The van der Waals surface area contributed by atoms with E-state index in [1.165, 1.54) is 89.9 Å². The molecule has 2 unspecified atom stereocenters. The van der Waals surface area contributed by atoms with Gasteiger partial charge in [0, 0.05) is 12.8 Å². The third-order valence-electron chi connectivity index (χ3n) is 12.9. The van der Waals surface area contributed by atoms with Crippen LogP contribution in [0, 0.1) is 0 Å². The first-order valence-electron chi connectivity index (χ1n) is 31.6. The second-order valence-electron chi connectivity index (χ2n) is 21.7. The predicted octanol–water partition coefficient (Wildman–Crippen LogP) is 20.3. The van der Waals surface area contributed by atoms with Crippen molar-refractivity contribution >= 4 is 19.8 Å². The summed E-state index contributed by atoms with van der Waals surface area (Å²) in [5, 5.41) is 0. The van der Waals surface area contributed by atoms with E-state index in [0.717, 1.165) is 109 Å². The van der Waals surface area contributed by atoms with Crippen molar-refractivity contribution in [1.29, 1.82) is 0 Å². The molecule has 80 heavy (non-hydrogen) atoms. The van der Waals surface area contributed by atoms with Crippen molar-refractivity contribution in [3.05, 3.63) is 146 Å². The smallest absolute Gasteiger partial charge is 0.462 e. The summed E-state index contributed by atoms with van der Waals surface area (Å²) in [6.45, 7) is 4.15. The SMILES string of the molecule is CC/C=C\C/C=C\C/C=C\C/C=C\C/C=C\C/C=C\C/C=C\C/C=C\CCCCC(=O)OC(COC(=O)CCCCCCCCCCCCCCCCCC/C=C\C/C=C\C/C=C\C/C=C\CC)COP(=O)(O)OCC[N+](C)(C)C. The average molecular weight is 1130 g/mol. The van der Waals surface area contributed by atoms with Crippen LogP contribution in [0.1, 0.15) is 232 Å². The Morgan fingerprint density at radius 1 is 0.388 bits per heavy atom. The van der Waals surface area contributed by atoms with Crippen molar-refractivity contribution in [2.24, 2.45) is 0 Å². The number of rotatable bonds is 56. The van der Waals surface area contributed by atoms with Gasteiger partial charge in [-0.3, -0.25) is 18.6 Å². The molecule has 0 saturated carbocycles. The lowest BCUT2D eigenvalue weighted by Gasteiger charge is -2.24. The highest BCUT2D eigenvalue weighted by Gasteiger charge is 2.27. The molecule has 0 radical (unpaired) electrons. The zero-order chi connectivity index (χ0) is 58.4. The van der Waals surface area contributed by atoms with E-state index in [1.807, 2.05) is 21.1 Å². The fraction of sp³-hybridized carbons (Fsp3) is 0.629. The van der Waals surface area contributed by atoms with E-state index in [1.54, 1.807) is 0 Å². The Bertz CT molecular complexity index is 1860. The Kier molecular flexibility index (Phi) is 56.5. The lowest BCUT2D eigenvalue weighted by atomic mass is 10.0. The van der Waals surface area contributed by atoms with E-state index in [4.69, 9.17) is 18.5 Å². The van der Waals surface area contributed by atoms with E-state index in [9.17, 15) is 19.0 Å². The molecule has 0 aromatic rings. The van der Waals surface area contributed by atoms with Crippen molar-refractivity contribution in [3.8, 4) is 0 Å². The number of carbonyl (C=O) groups excluding carboxylic acids is 2. The van der Waals surface area contributed by atoms with E-state index in [-0.39, 0.29) is 32.0 Å². The predicted molar refractivity (Wildman–Crippen MR) is 343 cm³/mol. The van der Waals surface area contributed by atoms with Gasteiger partial charge in [-0.05, 0) is 116 Å². The number of ether oxygens (including phenoxy) is 2. The third-order valence-corrected chi connectivity index (χ3v) is 13.8. The summed E-state index contributed by atoms with van der Waals surface area (Å²) in [5.74, 6) is -0.856. The Morgan fingerprint density at radius 3 is 1.02 bits per heavy atom. The van der Waals surface area contributed by atoms with Gasteiger partial charge in [-0.25, -0.2) is 4.57 Å². The van der Waals surface area contributed by atoms with Crippen molar-refractivity contribution in [1.82, 2.24) is 0 Å². The molecular formula is C70H117NO8P+. The summed E-state index contributed by atoms with van der Waals surface area (Å²) in [5.41, 5.74) is 0. The first-order valence-corrected chi connectivity index (χ1v) is 33.1. The second-order valence-corrected chi connectivity index (χ2v) is 23.1. The van der Waals surface area contributed by atoms with Crippen LogP contribution in [0.15, 0.2) is 146 Å². The molecular weight excluding hydrogens is 1010 g/mol. The quantitative estimate of drug-likeness (QED) is 0.0211. The number of hydrogen-bond acceptors (Lipinski definition) is 7. The van der Waals surface area contributed by atoms with Gasteiger partial charge in [0.15, 0.2) is 6.10 Å². The monoisotopic (exact) mass is 1130 g/mol. The molecule has 0 fully saturated rings. The number of allylic oxidation sites excluding steroid dienone is 24. The van der Waals surface area contributed by atoms with Crippen LogP contribution in [0.5, 0.6) is 0 Å². The van der Waals surface area contributed by atoms with Gasteiger partial charge in [0.2, 0.25) is 0 Å². The number of likely N-dealkylation sites (N-methyl/N-ethyl adjacent to an activating group) is 1. The molecule has 0 rings (SSSR count). The zero-order valence-corrected chi connectivity index (χ0v) is 52.4. The van der Waals surface area contributed by atoms with Crippen molar-refractivity contribution < 1.29 is 42.1 Å². The largest absolute Gasteiger partial charge is 0.472 e. The van der Waals surface area contributed by atoms with E-state index < -0.39 is 26.5 Å². The average Bonchev–Trinajstić information content (AvgIpc) is 3.42. The highest BCUT2D eigenvalue weighted by Crippen LogP contribution is 2.43. The Morgan fingerprint density at radius 2 is 0.675 bits per heavy atom. The number of phosphoric acid groups is 1. The lowest BCUT2D eigenvalue weighted by Crippen LogP contribution is -2.37. The van der Waals surface area contributed by atoms with Gasteiger partial charge >= 0.3 is 19.8 Å². The van der Waals surface area contributed by atoms with Gasteiger partial charge in [-0.15, -0.1) is 0 Å². The molecule has 0 aromatic carbocycles. The molecule has 1 N–H and O–H groups in total. The standard InChI is InChI=1S/C70H116NO8P/c1-6-8-10-12-14-16-18-20-22-24-26-28-30-32-34-35-37-38-40-42-44-46-48-50-52-54-56-58-60-62-69(72)76-66-68(67-78-80(74,75)77-65-64-71(3,4)5)79-70(73)63-61-59-57-55-53-51-49-47-45-43-41-39-36-33-31-29-27-25-23-21-19-17-15-13-11-9-7-2/h8-11,14-17,20-23,26-29,33,36,41,43,47,49,53,55,68H,6-7,12-13,18-19,24-25,30-32,34-35,37-40,42,44-46,48,50-52,54,56-67H2,1-5H3/p+1/b10-8-,11-9-,16-14-,17-15-,22-20-,23-21-,28-26-,29-27-,36-33-,43-41-,49-47-,55-53-. The van der Waals surface area contributed by atoms with Crippen LogP contribution in [0.4, 0.5) is 0 Å². The summed E-state index contributed by atoms with van der Waals surface area (Å²) in [7, 11) is 1.43. The van der Waals surface area contributed by atoms with Gasteiger partial charge in [0.25, 0.3) is 0 Å². The number of unbranched alkanes of at least 4 members (excludes halogenated alkanes) is 18. The van der Waals surface area contributed by atoms with Gasteiger partial charge in [0.05, 0.1) is 27.7 Å². The molecule has 0 saturated heterocycles. The Balaban J connectivity index is 4.22. The number of hydrogen-bond donors (Lipinski definition) is 1. The Hall–Kier alpha value is -4.11. The second kappa shape index (κ2) is 59.5. The topological polar surface area (TPSA) is 108 Å². The maximum atomic E-state index is 12.8. The summed E-state index contributed by atoms with van der Waals surface area (Å²) in [6, 6.07) is 0. The minimum Gasteiger partial charge on any atom is -0.462 e. The van der Waals surface area contributed by atoms with Crippen molar-refractivity contribution in [2.75, 3.05) is 47.5 Å². The van der Waals surface area contributed by atoms with Gasteiger partial charge < -0.3 is 18.9 Å². The van der Waals surface area contributed by atoms with Crippen LogP contribution < -0.4 is 0 Å². The van der Waals surface area contributed by atoms with E-state index in [2.05, 4.69) is 160 Å². The number of esters is 2. The maximum Gasteiger partial charge on any atom is 0.472 e. The van der Waals surface area contributed by atoms with Crippen LogP contribution in [0.2, 0.25) is 0 Å². The van der Waals surface area contributed by atoms with Crippen LogP contribution in [-0.2, 0) is 32.7 Å². The van der Waals surface area contributed by atoms with E-state index in [0.29, 0.717) is 17.4 Å². The van der Waals surface area contributed by atoms with Gasteiger partial charge in [-0.1, -0.05) is 250 Å². The van der Waals surface area contributed by atoms with Crippen LogP contribution in [0.3, 0.4) is 0 Å². The number of nitrogens with zero attached hydrogens (tertiary/aromatic N) is 1. The highest BCUT2D eigenvalue weighted by atomic mass is 31.2. The number of carbonyl (C=O) groups is 2. The van der Waals surface area contributed by atoms with E-state index >= 15 is 0 Å². The van der Waals surface area contributed by atoms with Crippen LogP contribution in [-0.4, -0.2) is 74.9 Å². The molecule has 0 bridgehead atoms. The molecule has 9 nitrogen and oxygen atoms in total. The molecule has 0 aromatic heterocycles. The number of quaternary nitrogens is 1. The van der Waals surface area contributed by atoms with Crippen molar-refractivity contribution in [2.45, 2.75) is 238 Å². The molecule has 454 valence electrons. The molecule has 0 aliphatic heterocycles. The first-order chi connectivity index (χ1) is 39.0. The molecule has 0 aliphatic carbocycles. The molecule has 0 spiro atoms. The maximum absolute atomic E-state index is 12.8. The first kappa shape index (κ1) is 75.9. The molecule has 0 aliphatic rings. The molecule has 10 heteroatoms. The van der Waals surface area contributed by atoms with Gasteiger partial charge in [-0.2, -0.15) is 0 Å². The van der Waals surface area contributed by atoms with Crippen LogP contribution >= 0.6 is 7.82 Å². The lowest BCUT2D eigenvalue weighted by molar-refractivity contribution is -0.870. The van der Waals surface area contributed by atoms with Gasteiger partial charge in [0.1, 0.15) is 19.8 Å². The zero-order valence-electron chi connectivity index (χ0n) is 51.5. The Labute approximate surface area is 491 Å². The number of phosphoric ester groups is 1. The van der Waals surface area contributed by atoms with Crippen LogP contribution in [0.25, 0.3) is 0 Å². The molecule has 2 atom stereocenters. The third kappa shape index (κ3) is 63.1. The normalized spacial score (nSPS) is 14.2. The molecule has 0 amide bonds. The summed E-state index contributed by atoms with van der Waals surface area (Å²) >= 11 is 0. The molecule has 0 heterocycles. The fourth-order valence-corrected chi connectivity index (χ4v) is 8.82. The summed E-state index contributed by atoms with van der Waals surface area (Å²) < 4.78 is 34.6. The fourth-order valence-electron chi connectivity index (χ4n) is 8.08. The minimum absolute atomic E-state index is 0.0155. The minimum atomic E-state index is -4.41. The summed E-state index contributed by atoms with van der Waals surface area (Å²) in [6.07, 6.45) is 87.9. The highest BCUT2D eigenvalue weighted by molar-refractivity contribution is 7.47.